The molecule has 0 saturated carbocycles. The van der Waals surface area contributed by atoms with Crippen molar-refractivity contribution < 1.29 is 14.4 Å². The molecule has 1 fully saturated rings. The highest BCUT2D eigenvalue weighted by Gasteiger charge is 2.47. The molecular formula is C17H23N3O3. The number of amides is 4. The van der Waals surface area contributed by atoms with Gasteiger partial charge in [-0.2, -0.15) is 0 Å². The van der Waals surface area contributed by atoms with Crippen LogP contribution in [0.2, 0.25) is 0 Å². The number of imide groups is 1. The Bertz CT molecular complexity index is 588. The van der Waals surface area contributed by atoms with Gasteiger partial charge in [-0.05, 0) is 25.3 Å². The van der Waals surface area contributed by atoms with E-state index in [2.05, 4.69) is 10.6 Å². The Morgan fingerprint density at radius 3 is 2.61 bits per heavy atom. The topological polar surface area (TPSA) is 78.5 Å². The number of hydrogen-bond donors (Lipinski definition) is 2. The van der Waals surface area contributed by atoms with Crippen LogP contribution in [0.3, 0.4) is 0 Å². The molecule has 0 bridgehead atoms. The number of nitrogens with one attached hydrogen (secondary N) is 2. The van der Waals surface area contributed by atoms with Gasteiger partial charge in [-0.1, -0.05) is 43.7 Å². The van der Waals surface area contributed by atoms with Gasteiger partial charge in [0.2, 0.25) is 5.91 Å². The summed E-state index contributed by atoms with van der Waals surface area (Å²) in [5, 5.41) is 5.42. The summed E-state index contributed by atoms with van der Waals surface area (Å²) in [6.07, 6.45) is 2.05. The van der Waals surface area contributed by atoms with Gasteiger partial charge in [-0.15, -0.1) is 0 Å². The molecule has 1 aromatic carbocycles. The Morgan fingerprint density at radius 2 is 1.96 bits per heavy atom. The lowest BCUT2D eigenvalue weighted by Crippen LogP contribution is -2.45. The standard InChI is InChI=1S/C17H23N3O3/c1-3-10-17(2)15(22)20(16(23)19-17)12-14(21)18-11-9-13-7-5-4-6-8-13/h4-8H,3,9-12H2,1-2H3,(H,18,21)(H,19,23)/t17-/m1/s1. The average Bonchev–Trinajstić information content (AvgIpc) is 2.72. The van der Waals surface area contributed by atoms with Gasteiger partial charge in [0.05, 0.1) is 0 Å². The quantitative estimate of drug-likeness (QED) is 0.747. The van der Waals surface area contributed by atoms with Gasteiger partial charge in [-0.25, -0.2) is 4.79 Å². The second-order valence-electron chi connectivity index (χ2n) is 5.99. The molecule has 1 atom stereocenters. The van der Waals surface area contributed by atoms with Crippen molar-refractivity contribution >= 4 is 17.8 Å². The minimum Gasteiger partial charge on any atom is -0.354 e. The fourth-order valence-corrected chi connectivity index (χ4v) is 2.75. The van der Waals surface area contributed by atoms with Crippen molar-refractivity contribution in [1.29, 1.82) is 0 Å². The van der Waals surface area contributed by atoms with E-state index in [1.54, 1.807) is 6.92 Å². The SMILES string of the molecule is CCC[C@@]1(C)NC(=O)N(CC(=O)NCCc2ccccc2)C1=O. The molecule has 0 unspecified atom stereocenters. The molecule has 23 heavy (non-hydrogen) atoms. The maximum absolute atomic E-state index is 12.3. The smallest absolute Gasteiger partial charge is 0.325 e. The van der Waals surface area contributed by atoms with Gasteiger partial charge in [-0.3, -0.25) is 14.5 Å². The number of carbonyl (C=O) groups is 3. The first kappa shape index (κ1) is 17.0. The van der Waals surface area contributed by atoms with Crippen LogP contribution in [0.5, 0.6) is 0 Å². The van der Waals surface area contributed by atoms with Crippen molar-refractivity contribution in [3.8, 4) is 0 Å². The van der Waals surface area contributed by atoms with Crippen molar-refractivity contribution in [3.63, 3.8) is 0 Å². The molecule has 1 heterocycles. The van der Waals surface area contributed by atoms with E-state index < -0.39 is 11.6 Å². The zero-order valence-corrected chi connectivity index (χ0v) is 13.6. The molecule has 0 spiro atoms. The fourth-order valence-electron chi connectivity index (χ4n) is 2.75. The van der Waals surface area contributed by atoms with E-state index in [1.165, 1.54) is 0 Å². The summed E-state index contributed by atoms with van der Waals surface area (Å²) in [6, 6.07) is 9.30. The molecule has 4 amide bonds. The largest absolute Gasteiger partial charge is 0.354 e. The van der Waals surface area contributed by atoms with Crippen LogP contribution in [0.15, 0.2) is 30.3 Å². The van der Waals surface area contributed by atoms with Crippen LogP contribution in [0, 0.1) is 0 Å². The fraction of sp³-hybridized carbons (Fsp3) is 0.471. The van der Waals surface area contributed by atoms with Crippen molar-refractivity contribution in [2.75, 3.05) is 13.1 Å². The lowest BCUT2D eigenvalue weighted by molar-refractivity contribution is -0.134. The Labute approximate surface area is 136 Å². The summed E-state index contributed by atoms with van der Waals surface area (Å²) >= 11 is 0. The van der Waals surface area contributed by atoms with Crippen molar-refractivity contribution in [2.24, 2.45) is 0 Å². The Balaban J connectivity index is 1.83. The zero-order valence-electron chi connectivity index (χ0n) is 13.6. The number of rotatable bonds is 7. The third-order valence-electron chi connectivity index (χ3n) is 3.98. The molecule has 1 aromatic rings. The molecular weight excluding hydrogens is 294 g/mol. The van der Waals surface area contributed by atoms with E-state index in [4.69, 9.17) is 0 Å². The molecule has 1 aliphatic rings. The summed E-state index contributed by atoms with van der Waals surface area (Å²) in [4.78, 5) is 37.2. The monoisotopic (exact) mass is 317 g/mol. The maximum Gasteiger partial charge on any atom is 0.325 e. The Kier molecular flexibility index (Phi) is 5.36. The minimum absolute atomic E-state index is 0.237. The summed E-state index contributed by atoms with van der Waals surface area (Å²) < 4.78 is 0. The second-order valence-corrected chi connectivity index (χ2v) is 5.99. The van der Waals surface area contributed by atoms with E-state index in [0.717, 1.165) is 16.9 Å². The minimum atomic E-state index is -0.893. The van der Waals surface area contributed by atoms with E-state index in [9.17, 15) is 14.4 Å². The molecule has 1 aliphatic heterocycles. The molecule has 0 radical (unpaired) electrons. The normalized spacial score (nSPS) is 20.5. The highest BCUT2D eigenvalue weighted by molar-refractivity contribution is 6.08. The third-order valence-corrected chi connectivity index (χ3v) is 3.98. The summed E-state index contributed by atoms with van der Waals surface area (Å²) in [5.41, 5.74) is 0.231. The summed E-state index contributed by atoms with van der Waals surface area (Å²) in [7, 11) is 0. The first-order chi connectivity index (χ1) is 11.0. The Hall–Kier alpha value is -2.37. The van der Waals surface area contributed by atoms with Crippen LogP contribution >= 0.6 is 0 Å². The molecule has 1 saturated heterocycles. The van der Waals surface area contributed by atoms with Crippen LogP contribution in [0.4, 0.5) is 4.79 Å². The first-order valence-corrected chi connectivity index (χ1v) is 7.91. The van der Waals surface area contributed by atoms with E-state index in [-0.39, 0.29) is 18.4 Å². The molecule has 0 aromatic heterocycles. The van der Waals surface area contributed by atoms with Gasteiger partial charge in [0.15, 0.2) is 0 Å². The first-order valence-electron chi connectivity index (χ1n) is 7.91. The van der Waals surface area contributed by atoms with Crippen LogP contribution < -0.4 is 10.6 Å². The van der Waals surface area contributed by atoms with Crippen LogP contribution in [0.25, 0.3) is 0 Å². The number of benzene rings is 1. The number of carbonyl (C=O) groups excluding carboxylic acids is 3. The number of urea groups is 1. The van der Waals surface area contributed by atoms with Crippen molar-refractivity contribution in [1.82, 2.24) is 15.5 Å². The van der Waals surface area contributed by atoms with Crippen LogP contribution in [-0.2, 0) is 16.0 Å². The lowest BCUT2D eigenvalue weighted by atomic mass is 9.96. The highest BCUT2D eigenvalue weighted by atomic mass is 16.2. The maximum atomic E-state index is 12.3. The molecule has 6 nitrogen and oxygen atoms in total. The van der Waals surface area contributed by atoms with E-state index in [1.807, 2.05) is 37.3 Å². The molecule has 2 rings (SSSR count). The molecule has 0 aliphatic carbocycles. The van der Waals surface area contributed by atoms with E-state index in [0.29, 0.717) is 19.4 Å². The molecule has 6 heteroatoms. The second kappa shape index (κ2) is 7.26. The lowest BCUT2D eigenvalue weighted by Gasteiger charge is -2.20. The van der Waals surface area contributed by atoms with Crippen molar-refractivity contribution in [3.05, 3.63) is 35.9 Å². The third kappa shape index (κ3) is 4.09. The van der Waals surface area contributed by atoms with Gasteiger partial charge in [0.25, 0.3) is 5.91 Å². The van der Waals surface area contributed by atoms with Crippen LogP contribution in [-0.4, -0.2) is 41.4 Å². The van der Waals surface area contributed by atoms with Gasteiger partial charge >= 0.3 is 6.03 Å². The predicted molar refractivity (Wildman–Crippen MR) is 86.7 cm³/mol. The summed E-state index contributed by atoms with van der Waals surface area (Å²) in [6.45, 7) is 3.88. The Morgan fingerprint density at radius 1 is 1.26 bits per heavy atom. The molecule has 124 valence electrons. The van der Waals surface area contributed by atoms with Gasteiger partial charge in [0, 0.05) is 6.54 Å². The predicted octanol–water partition coefficient (Wildman–Crippen LogP) is 1.46. The highest BCUT2D eigenvalue weighted by Crippen LogP contribution is 2.22. The summed E-state index contributed by atoms with van der Waals surface area (Å²) in [5.74, 6) is -0.660. The van der Waals surface area contributed by atoms with E-state index >= 15 is 0 Å². The number of hydrogen-bond acceptors (Lipinski definition) is 3. The molecule has 2 N–H and O–H groups in total. The van der Waals surface area contributed by atoms with Crippen LogP contribution in [0.1, 0.15) is 32.3 Å². The zero-order chi connectivity index (χ0) is 16.9. The van der Waals surface area contributed by atoms with Gasteiger partial charge < -0.3 is 10.6 Å². The van der Waals surface area contributed by atoms with Gasteiger partial charge in [0.1, 0.15) is 12.1 Å². The number of nitrogens with zero attached hydrogens (tertiary/aromatic N) is 1. The average molecular weight is 317 g/mol. The van der Waals surface area contributed by atoms with Crippen molar-refractivity contribution in [2.45, 2.75) is 38.6 Å².